The molecule has 3 nitrogen and oxygen atoms in total. The normalized spacial score (nSPS) is 16.0. The third-order valence-corrected chi connectivity index (χ3v) is 26.9. The molecule has 2 heterocycles. The highest BCUT2D eigenvalue weighted by Gasteiger charge is 2.50. The fourth-order valence-electron chi connectivity index (χ4n) is 21.5. The number of furan rings is 1. The lowest BCUT2D eigenvalue weighted by atomic mass is 9.70. The first-order valence-electron chi connectivity index (χ1n) is 40.5. The minimum absolute atomic E-state index is 0.0301. The van der Waals surface area contributed by atoms with Crippen molar-refractivity contribution in [3.8, 4) is 94.8 Å². The Morgan fingerprint density at radius 2 is 0.850 bits per heavy atom. The van der Waals surface area contributed by atoms with Crippen LogP contribution in [0.4, 0.5) is 17.1 Å². The van der Waals surface area contributed by atoms with Crippen molar-refractivity contribution in [1.82, 2.24) is 0 Å². The summed E-state index contributed by atoms with van der Waals surface area (Å²) in [6.07, 6.45) is 15.4. The fraction of sp³-hybridized carbons (Fsp3) is 0.308. The van der Waals surface area contributed by atoms with Gasteiger partial charge >= 0.3 is 0 Å². The van der Waals surface area contributed by atoms with E-state index in [0.717, 1.165) is 33.9 Å². The summed E-state index contributed by atoms with van der Waals surface area (Å²) in [5, 5.41) is 2.41. The van der Waals surface area contributed by atoms with Crippen LogP contribution in [-0.4, -0.2) is 0 Å². The summed E-state index contributed by atoms with van der Waals surface area (Å²) in [5.41, 5.74) is 41.2. The Kier molecular flexibility index (Phi) is 15.5. The SMILES string of the molecule is CCCCCCCC1(CCCCCCC)c2ccccc2-c2ccc(-c3ccc4c(c3)C(C)(C)c3cc(-c5cc6c(c7c5OCc5ccccc5-7)-c5ccc(N(c7ccc8c(c7)C(C)(C)c7c9c(c%10c(oc%11ccccc%11%10)c7-8)-c7ccccc7C9(C)C)c7ccccc7C(C)(C)C)cc5C6(C)C)ccc3-4)cc21. The predicted molar refractivity (Wildman–Crippen MR) is 451 cm³/mol. The predicted octanol–water partition coefficient (Wildman–Crippen LogP) is 29.5. The van der Waals surface area contributed by atoms with Crippen molar-refractivity contribution >= 4 is 39.0 Å². The molecular weight excluding hydrogens is 1300 g/mol. The lowest BCUT2D eigenvalue weighted by molar-refractivity contribution is 0.303. The van der Waals surface area contributed by atoms with Gasteiger partial charge in [-0.1, -0.05) is 312 Å². The van der Waals surface area contributed by atoms with E-state index in [-0.39, 0.29) is 27.1 Å². The van der Waals surface area contributed by atoms with Crippen molar-refractivity contribution in [3.05, 3.63) is 285 Å². The monoisotopic (exact) mass is 1400 g/mol. The van der Waals surface area contributed by atoms with Gasteiger partial charge in [-0.05, 0) is 218 Å². The van der Waals surface area contributed by atoms with E-state index in [4.69, 9.17) is 9.15 Å². The van der Waals surface area contributed by atoms with Crippen LogP contribution in [0.5, 0.6) is 5.75 Å². The highest BCUT2D eigenvalue weighted by atomic mass is 16.5. The molecule has 0 amide bonds. The highest BCUT2D eigenvalue weighted by Crippen LogP contribution is 2.66. The first-order chi connectivity index (χ1) is 51.7. The average Bonchev–Trinajstić information content (AvgIpc) is 1.50. The van der Waals surface area contributed by atoms with Gasteiger partial charge in [0.15, 0.2) is 0 Å². The number of hydrogen-bond donors (Lipinski definition) is 0. The van der Waals surface area contributed by atoms with Crippen LogP contribution in [0.3, 0.4) is 0 Å². The molecule has 3 heteroatoms. The summed E-state index contributed by atoms with van der Waals surface area (Å²) >= 11 is 0. The van der Waals surface area contributed by atoms with Gasteiger partial charge in [-0.2, -0.15) is 0 Å². The van der Waals surface area contributed by atoms with Crippen LogP contribution >= 0.6 is 0 Å². The summed E-state index contributed by atoms with van der Waals surface area (Å²) in [6.45, 7) is 32.0. The minimum atomic E-state index is -0.401. The standard InChI is InChI=1S/C104H101NO2/c1-14-16-18-20-32-54-104(55-33-21-19-17-15-2)80-40-28-24-36-70(80)73-50-45-64(57-86(73)104)63-44-49-71-72-51-46-65(58-83(72)100(6,7)82(71)56-63)78-61-87-90(92-69-35-23-22-34-66(69)62-106-97(78)92)75-52-47-67(59-84(75)101(87,8)9)105(88-42-30-29-41-81(88)99(3,4)5)68-48-53-76-85(60-68)103(12,13)96-94(76)98-93(77-38-26-31-43-89(77)107-98)91-74-37-25-27-39-79(74)102(10,11)95(91)96/h22-31,34-53,56-61H,14-21,32-33,54-55,62H2,1-13H3. The molecule has 0 unspecified atom stereocenters. The summed E-state index contributed by atoms with van der Waals surface area (Å²) in [4.78, 5) is 2.58. The lowest BCUT2D eigenvalue weighted by Crippen LogP contribution is -2.25. The van der Waals surface area contributed by atoms with Crippen LogP contribution in [0.2, 0.25) is 0 Å². The van der Waals surface area contributed by atoms with Gasteiger partial charge in [-0.3, -0.25) is 0 Å². The fourth-order valence-corrected chi connectivity index (χ4v) is 21.5. The van der Waals surface area contributed by atoms with E-state index in [1.54, 1.807) is 11.1 Å². The third kappa shape index (κ3) is 9.89. The Morgan fingerprint density at radius 3 is 1.53 bits per heavy atom. The van der Waals surface area contributed by atoms with Crippen molar-refractivity contribution in [2.75, 3.05) is 4.90 Å². The number of unbranched alkanes of at least 4 members (excludes halogenated alkanes) is 8. The smallest absolute Gasteiger partial charge is 0.144 e. The van der Waals surface area contributed by atoms with Gasteiger partial charge in [-0.15, -0.1) is 0 Å². The quantitative estimate of drug-likeness (QED) is 0.0850. The number of ether oxygens (including phenoxy) is 1. The second-order valence-electron chi connectivity index (χ2n) is 35.6. The maximum Gasteiger partial charge on any atom is 0.144 e. The van der Waals surface area contributed by atoms with Crippen molar-refractivity contribution in [3.63, 3.8) is 0 Å². The highest BCUT2D eigenvalue weighted by molar-refractivity contribution is 6.21. The summed E-state index contributed by atoms with van der Waals surface area (Å²) in [7, 11) is 0. The van der Waals surface area contributed by atoms with Crippen LogP contribution in [-0.2, 0) is 39.1 Å². The molecule has 534 valence electrons. The van der Waals surface area contributed by atoms with Gasteiger partial charge in [0, 0.05) is 71.6 Å². The number of rotatable bonds is 17. The molecule has 12 aromatic carbocycles. The van der Waals surface area contributed by atoms with E-state index in [0.29, 0.717) is 6.61 Å². The van der Waals surface area contributed by atoms with Crippen molar-refractivity contribution < 1.29 is 9.15 Å². The van der Waals surface area contributed by atoms with E-state index < -0.39 is 5.41 Å². The molecule has 6 aliphatic rings. The van der Waals surface area contributed by atoms with Gasteiger partial charge in [0.2, 0.25) is 0 Å². The maximum absolute atomic E-state index is 7.26. The maximum atomic E-state index is 7.26. The number of benzene rings is 12. The van der Waals surface area contributed by atoms with Gasteiger partial charge in [0.05, 0.1) is 0 Å². The topological polar surface area (TPSA) is 25.6 Å². The molecule has 1 aromatic heterocycles. The molecule has 0 fully saturated rings. The first kappa shape index (κ1) is 67.6. The summed E-state index contributed by atoms with van der Waals surface area (Å²) < 4.78 is 14.4. The number of hydrogen-bond acceptors (Lipinski definition) is 3. The van der Waals surface area contributed by atoms with Crippen LogP contribution < -0.4 is 9.64 Å². The Morgan fingerprint density at radius 1 is 0.364 bits per heavy atom. The van der Waals surface area contributed by atoms with E-state index in [1.165, 1.54) is 233 Å². The Hall–Kier alpha value is -9.96. The molecule has 0 N–H and O–H groups in total. The molecule has 0 spiro atoms. The molecule has 107 heavy (non-hydrogen) atoms. The zero-order valence-corrected chi connectivity index (χ0v) is 65.2. The van der Waals surface area contributed by atoms with Crippen molar-refractivity contribution in [2.24, 2.45) is 0 Å². The van der Waals surface area contributed by atoms with Crippen molar-refractivity contribution in [1.29, 1.82) is 0 Å². The third-order valence-electron chi connectivity index (χ3n) is 26.9. The zero-order valence-electron chi connectivity index (χ0n) is 65.2. The molecule has 13 aromatic rings. The van der Waals surface area contributed by atoms with Crippen LogP contribution in [0.25, 0.3) is 111 Å². The molecule has 19 rings (SSSR count). The zero-order chi connectivity index (χ0) is 73.4. The minimum Gasteiger partial charge on any atom is -0.488 e. The summed E-state index contributed by atoms with van der Waals surface area (Å²) in [6, 6.07) is 85.0. The average molecular weight is 1400 g/mol. The van der Waals surface area contributed by atoms with Gasteiger partial charge in [-0.25, -0.2) is 0 Å². The molecule has 0 radical (unpaired) electrons. The lowest BCUT2D eigenvalue weighted by Gasteiger charge is -2.34. The Bertz CT molecular complexity index is 5850. The van der Waals surface area contributed by atoms with Gasteiger partial charge in [0.25, 0.3) is 0 Å². The second kappa shape index (κ2) is 24.5. The van der Waals surface area contributed by atoms with E-state index >= 15 is 0 Å². The van der Waals surface area contributed by atoms with Crippen molar-refractivity contribution in [2.45, 2.75) is 206 Å². The van der Waals surface area contributed by atoms with E-state index in [2.05, 4.69) is 313 Å². The molecule has 1 aliphatic heterocycles. The van der Waals surface area contributed by atoms with E-state index in [1.807, 2.05) is 0 Å². The number of fused-ring (bicyclic) bond motifs is 25. The summed E-state index contributed by atoms with van der Waals surface area (Å²) in [5.74, 6) is 0.975. The Balaban J connectivity index is 0.713. The van der Waals surface area contributed by atoms with Crippen LogP contribution in [0, 0.1) is 0 Å². The van der Waals surface area contributed by atoms with Crippen LogP contribution in [0.1, 0.15) is 234 Å². The van der Waals surface area contributed by atoms with E-state index in [9.17, 15) is 0 Å². The Labute approximate surface area is 635 Å². The molecule has 0 atom stereocenters. The molecule has 0 saturated heterocycles. The largest absolute Gasteiger partial charge is 0.488 e. The molecular formula is C104H101NO2. The molecule has 0 bridgehead atoms. The second-order valence-corrected chi connectivity index (χ2v) is 35.6. The first-order valence-corrected chi connectivity index (χ1v) is 40.5. The number of nitrogens with zero attached hydrogens (tertiary/aromatic N) is 1. The molecule has 0 saturated carbocycles. The van der Waals surface area contributed by atoms with Gasteiger partial charge < -0.3 is 14.1 Å². The van der Waals surface area contributed by atoms with Crippen LogP contribution in [0.15, 0.2) is 223 Å². The number of para-hydroxylation sites is 2. The van der Waals surface area contributed by atoms with Gasteiger partial charge in [0.1, 0.15) is 23.5 Å². The number of anilines is 3. The molecule has 5 aliphatic carbocycles.